The number of hydrogen-bond acceptors (Lipinski definition) is 1. The minimum atomic E-state index is -0.897. The van der Waals surface area contributed by atoms with E-state index in [9.17, 15) is 13.6 Å². The zero-order valence-corrected chi connectivity index (χ0v) is 9.18. The zero-order chi connectivity index (χ0) is 11.7. The Bertz CT molecular complexity index is 424. The van der Waals surface area contributed by atoms with Crippen LogP contribution in [0.15, 0.2) is 18.2 Å². The summed E-state index contributed by atoms with van der Waals surface area (Å²) in [5, 5.41) is -0.183. The molecule has 16 heavy (non-hydrogen) atoms. The summed E-state index contributed by atoms with van der Waals surface area (Å²) in [5.41, 5.74) is 0.568. The number of alkyl halides is 1. The van der Waals surface area contributed by atoms with Crippen LogP contribution in [0.25, 0.3) is 0 Å². The number of carbonyl (C=O) groups excluding carboxylic acids is 1. The predicted molar refractivity (Wildman–Crippen MR) is 56.0 cm³/mol. The molecular formula is C11H10ClF2NO. The van der Waals surface area contributed by atoms with Gasteiger partial charge in [0, 0.05) is 19.5 Å². The molecule has 1 aliphatic rings. The highest BCUT2D eigenvalue weighted by Gasteiger charge is 2.27. The summed E-state index contributed by atoms with van der Waals surface area (Å²) < 4.78 is 25.6. The van der Waals surface area contributed by atoms with Crippen molar-refractivity contribution in [1.82, 2.24) is 4.90 Å². The standard InChI is InChI=1S/C11H10ClF2NO/c12-8-4-11(16)15(6-8)5-7-1-2-9(13)10(14)3-7/h1-3,8H,4-6H2. The lowest BCUT2D eigenvalue weighted by Crippen LogP contribution is -2.24. The van der Waals surface area contributed by atoms with Gasteiger partial charge in [0.2, 0.25) is 5.91 Å². The number of amides is 1. The van der Waals surface area contributed by atoms with Gasteiger partial charge in [-0.25, -0.2) is 8.78 Å². The SMILES string of the molecule is O=C1CC(Cl)CN1Cc1ccc(F)c(F)c1. The molecule has 1 fully saturated rings. The number of halogens is 3. The van der Waals surface area contributed by atoms with E-state index in [1.165, 1.54) is 6.07 Å². The molecule has 5 heteroatoms. The minimum Gasteiger partial charge on any atom is -0.337 e. The van der Waals surface area contributed by atoms with Crippen molar-refractivity contribution >= 4 is 17.5 Å². The second-order valence-corrected chi connectivity index (χ2v) is 4.44. The lowest BCUT2D eigenvalue weighted by Gasteiger charge is -2.15. The summed E-state index contributed by atoms with van der Waals surface area (Å²) >= 11 is 5.83. The quantitative estimate of drug-likeness (QED) is 0.733. The molecule has 0 aromatic heterocycles. The molecule has 0 radical (unpaired) electrons. The van der Waals surface area contributed by atoms with E-state index in [4.69, 9.17) is 11.6 Å². The van der Waals surface area contributed by atoms with Crippen LogP contribution in [-0.4, -0.2) is 22.7 Å². The number of rotatable bonds is 2. The third-order valence-electron chi connectivity index (χ3n) is 2.52. The number of likely N-dealkylation sites (tertiary alicyclic amines) is 1. The van der Waals surface area contributed by atoms with Gasteiger partial charge in [0.15, 0.2) is 11.6 Å². The molecule has 0 bridgehead atoms. The van der Waals surface area contributed by atoms with Crippen molar-refractivity contribution < 1.29 is 13.6 Å². The number of benzene rings is 1. The fourth-order valence-corrected chi connectivity index (χ4v) is 2.03. The first-order valence-electron chi connectivity index (χ1n) is 4.92. The molecule has 1 aliphatic heterocycles. The second kappa shape index (κ2) is 4.37. The molecule has 2 nitrogen and oxygen atoms in total. The van der Waals surface area contributed by atoms with Crippen LogP contribution in [0.1, 0.15) is 12.0 Å². The predicted octanol–water partition coefficient (Wildman–Crippen LogP) is 2.30. The van der Waals surface area contributed by atoms with Crippen LogP contribution in [-0.2, 0) is 11.3 Å². The lowest BCUT2D eigenvalue weighted by molar-refractivity contribution is -0.128. The Kier molecular flexibility index (Phi) is 3.10. The van der Waals surface area contributed by atoms with Gasteiger partial charge in [-0.1, -0.05) is 6.07 Å². The van der Waals surface area contributed by atoms with E-state index in [-0.39, 0.29) is 17.8 Å². The Hall–Kier alpha value is -1.16. The second-order valence-electron chi connectivity index (χ2n) is 3.82. The van der Waals surface area contributed by atoms with Crippen LogP contribution in [0, 0.1) is 11.6 Å². The Morgan fingerprint density at radius 1 is 1.38 bits per heavy atom. The van der Waals surface area contributed by atoms with Crippen LogP contribution in [0.2, 0.25) is 0 Å². The highest BCUT2D eigenvalue weighted by Crippen LogP contribution is 2.19. The maximum atomic E-state index is 12.9. The van der Waals surface area contributed by atoms with Gasteiger partial charge >= 0.3 is 0 Å². The van der Waals surface area contributed by atoms with E-state index < -0.39 is 11.6 Å². The first-order chi connectivity index (χ1) is 7.56. The van der Waals surface area contributed by atoms with Crippen LogP contribution < -0.4 is 0 Å². The Balaban J connectivity index is 2.09. The highest BCUT2D eigenvalue weighted by molar-refractivity contribution is 6.22. The third-order valence-corrected chi connectivity index (χ3v) is 2.82. The van der Waals surface area contributed by atoms with E-state index >= 15 is 0 Å². The van der Waals surface area contributed by atoms with Crippen molar-refractivity contribution in [1.29, 1.82) is 0 Å². The molecule has 0 N–H and O–H groups in total. The smallest absolute Gasteiger partial charge is 0.224 e. The van der Waals surface area contributed by atoms with Crippen molar-refractivity contribution in [3.05, 3.63) is 35.4 Å². The Morgan fingerprint density at radius 2 is 2.12 bits per heavy atom. The molecular weight excluding hydrogens is 236 g/mol. The summed E-state index contributed by atoms with van der Waals surface area (Å²) in [6.07, 6.45) is 0.311. The Morgan fingerprint density at radius 3 is 2.69 bits per heavy atom. The molecule has 1 aromatic rings. The minimum absolute atomic E-state index is 0.0512. The van der Waals surface area contributed by atoms with Gasteiger partial charge in [0.05, 0.1) is 5.38 Å². The van der Waals surface area contributed by atoms with Crippen LogP contribution in [0.5, 0.6) is 0 Å². The monoisotopic (exact) mass is 245 g/mol. The molecule has 0 aliphatic carbocycles. The average Bonchev–Trinajstić information content (AvgIpc) is 2.51. The Labute approximate surface area is 96.8 Å². The topological polar surface area (TPSA) is 20.3 Å². The van der Waals surface area contributed by atoms with Gasteiger partial charge in [-0.15, -0.1) is 11.6 Å². The van der Waals surface area contributed by atoms with E-state index in [1.807, 2.05) is 0 Å². The largest absolute Gasteiger partial charge is 0.337 e. The van der Waals surface area contributed by atoms with E-state index in [0.29, 0.717) is 18.5 Å². The summed E-state index contributed by atoms with van der Waals surface area (Å²) in [7, 11) is 0. The summed E-state index contributed by atoms with van der Waals surface area (Å²) in [4.78, 5) is 13.0. The van der Waals surface area contributed by atoms with Crippen molar-refractivity contribution in [3.63, 3.8) is 0 Å². The summed E-state index contributed by atoms with van der Waals surface area (Å²) in [6, 6.07) is 3.63. The van der Waals surface area contributed by atoms with E-state index in [1.54, 1.807) is 4.90 Å². The first kappa shape index (κ1) is 11.3. The number of carbonyl (C=O) groups is 1. The fraction of sp³-hybridized carbons (Fsp3) is 0.364. The van der Waals surface area contributed by atoms with Gasteiger partial charge < -0.3 is 4.90 Å². The first-order valence-corrected chi connectivity index (χ1v) is 5.35. The van der Waals surface area contributed by atoms with E-state index in [2.05, 4.69) is 0 Å². The van der Waals surface area contributed by atoms with Gasteiger partial charge in [-0.3, -0.25) is 4.79 Å². The molecule has 1 heterocycles. The van der Waals surface area contributed by atoms with Crippen molar-refractivity contribution in [3.8, 4) is 0 Å². The molecule has 1 atom stereocenters. The van der Waals surface area contributed by atoms with Crippen molar-refractivity contribution in [2.24, 2.45) is 0 Å². The molecule has 1 amide bonds. The molecule has 2 rings (SSSR count). The van der Waals surface area contributed by atoms with Gasteiger partial charge in [-0.05, 0) is 17.7 Å². The lowest BCUT2D eigenvalue weighted by atomic mass is 10.2. The zero-order valence-electron chi connectivity index (χ0n) is 8.42. The van der Waals surface area contributed by atoms with Crippen molar-refractivity contribution in [2.45, 2.75) is 18.3 Å². The van der Waals surface area contributed by atoms with Gasteiger partial charge in [0.1, 0.15) is 0 Å². The molecule has 1 aromatic carbocycles. The molecule has 0 saturated carbocycles. The molecule has 86 valence electrons. The van der Waals surface area contributed by atoms with Crippen LogP contribution >= 0.6 is 11.6 Å². The van der Waals surface area contributed by atoms with Gasteiger partial charge in [0.25, 0.3) is 0 Å². The van der Waals surface area contributed by atoms with E-state index in [0.717, 1.165) is 12.1 Å². The third kappa shape index (κ3) is 2.32. The fourth-order valence-electron chi connectivity index (χ4n) is 1.74. The summed E-state index contributed by atoms with van der Waals surface area (Å²) in [6.45, 7) is 0.735. The van der Waals surface area contributed by atoms with Crippen LogP contribution in [0.4, 0.5) is 8.78 Å². The maximum Gasteiger partial charge on any atom is 0.224 e. The van der Waals surface area contributed by atoms with Crippen LogP contribution in [0.3, 0.4) is 0 Å². The van der Waals surface area contributed by atoms with Gasteiger partial charge in [-0.2, -0.15) is 0 Å². The number of nitrogens with zero attached hydrogens (tertiary/aromatic N) is 1. The highest BCUT2D eigenvalue weighted by atomic mass is 35.5. The summed E-state index contributed by atoms with van der Waals surface area (Å²) in [5.74, 6) is -1.83. The normalized spacial score (nSPS) is 20.6. The molecule has 0 spiro atoms. The van der Waals surface area contributed by atoms with Crippen molar-refractivity contribution in [2.75, 3.05) is 6.54 Å². The number of hydrogen-bond donors (Lipinski definition) is 0. The molecule has 1 unspecified atom stereocenters. The average molecular weight is 246 g/mol. The maximum absolute atomic E-state index is 12.9. The molecule has 1 saturated heterocycles.